The number of rotatable bonds is 4. The Kier molecular flexibility index (Phi) is 4.01. The van der Waals surface area contributed by atoms with E-state index in [9.17, 15) is 8.78 Å². The molecule has 1 fully saturated rings. The van der Waals surface area contributed by atoms with Gasteiger partial charge >= 0.3 is 0 Å². The highest BCUT2D eigenvalue weighted by Gasteiger charge is 2.24. The van der Waals surface area contributed by atoms with Crippen molar-refractivity contribution in [1.29, 1.82) is 0 Å². The van der Waals surface area contributed by atoms with E-state index in [0.29, 0.717) is 11.7 Å². The van der Waals surface area contributed by atoms with Crippen LogP contribution in [0.15, 0.2) is 12.1 Å². The maximum absolute atomic E-state index is 12.9. The Morgan fingerprint density at radius 1 is 1.22 bits per heavy atom. The summed E-state index contributed by atoms with van der Waals surface area (Å²) in [5.74, 6) is 1.04. The summed E-state index contributed by atoms with van der Waals surface area (Å²) >= 11 is 0. The fourth-order valence-electron chi connectivity index (χ4n) is 2.35. The van der Waals surface area contributed by atoms with Gasteiger partial charge in [0.1, 0.15) is 11.5 Å². The van der Waals surface area contributed by atoms with E-state index in [1.54, 1.807) is 6.07 Å². The molecular formula is C13H17F2NO2. The monoisotopic (exact) mass is 257 g/mol. The smallest absolute Gasteiger partial charge is 0.267 e. The molecule has 18 heavy (non-hydrogen) atoms. The minimum atomic E-state index is -2.57. The van der Waals surface area contributed by atoms with Crippen LogP contribution in [0.4, 0.5) is 8.78 Å². The van der Waals surface area contributed by atoms with Gasteiger partial charge in [-0.15, -0.1) is 0 Å². The summed E-state index contributed by atoms with van der Waals surface area (Å²) in [5, 5.41) is 3.25. The van der Waals surface area contributed by atoms with E-state index in [-0.39, 0.29) is 11.3 Å². The molecule has 1 aromatic carbocycles. The van der Waals surface area contributed by atoms with Crippen LogP contribution in [0.25, 0.3) is 0 Å². The second-order valence-corrected chi connectivity index (χ2v) is 4.33. The van der Waals surface area contributed by atoms with E-state index in [2.05, 4.69) is 5.32 Å². The van der Waals surface area contributed by atoms with Crippen LogP contribution in [0.1, 0.15) is 29.9 Å². The maximum Gasteiger partial charge on any atom is 0.267 e. The van der Waals surface area contributed by atoms with Crippen molar-refractivity contribution in [3.05, 3.63) is 23.3 Å². The number of methoxy groups -OCH3 is 2. The SMILES string of the molecule is COc1cc(C2CCNC2)c(OC)cc1C(F)F. The van der Waals surface area contributed by atoms with Crippen molar-refractivity contribution < 1.29 is 18.3 Å². The molecule has 1 saturated heterocycles. The molecule has 1 heterocycles. The number of halogens is 2. The third-order valence-corrected chi connectivity index (χ3v) is 3.32. The Morgan fingerprint density at radius 3 is 2.44 bits per heavy atom. The molecule has 0 saturated carbocycles. The lowest BCUT2D eigenvalue weighted by atomic mass is 9.95. The van der Waals surface area contributed by atoms with E-state index in [4.69, 9.17) is 9.47 Å². The van der Waals surface area contributed by atoms with Crippen LogP contribution in [0.2, 0.25) is 0 Å². The molecule has 1 N–H and O–H groups in total. The predicted octanol–water partition coefficient (Wildman–Crippen LogP) is 2.72. The summed E-state index contributed by atoms with van der Waals surface area (Å²) in [5.41, 5.74) is 0.813. The largest absolute Gasteiger partial charge is 0.496 e. The molecule has 1 atom stereocenters. The zero-order chi connectivity index (χ0) is 13.1. The molecule has 1 unspecified atom stereocenters. The fraction of sp³-hybridized carbons (Fsp3) is 0.538. The fourth-order valence-corrected chi connectivity index (χ4v) is 2.35. The van der Waals surface area contributed by atoms with Gasteiger partial charge in [0.05, 0.1) is 19.8 Å². The van der Waals surface area contributed by atoms with Gasteiger partial charge in [0.2, 0.25) is 0 Å². The van der Waals surface area contributed by atoms with E-state index in [1.165, 1.54) is 20.3 Å². The first-order valence-electron chi connectivity index (χ1n) is 5.92. The number of benzene rings is 1. The highest BCUT2D eigenvalue weighted by atomic mass is 19.3. The summed E-state index contributed by atoms with van der Waals surface area (Å²) in [6.45, 7) is 1.78. The van der Waals surface area contributed by atoms with E-state index in [0.717, 1.165) is 25.1 Å². The number of hydrogen-bond donors (Lipinski definition) is 1. The average Bonchev–Trinajstić information content (AvgIpc) is 2.90. The standard InChI is InChI=1S/C13H17F2NO2/c1-17-11-6-10(13(14)15)12(18-2)5-9(11)8-3-4-16-7-8/h5-6,8,13,16H,3-4,7H2,1-2H3. The summed E-state index contributed by atoms with van der Waals surface area (Å²) in [4.78, 5) is 0. The van der Waals surface area contributed by atoms with Crippen molar-refractivity contribution in [3.63, 3.8) is 0 Å². The molecule has 0 radical (unpaired) electrons. The zero-order valence-corrected chi connectivity index (χ0v) is 10.5. The maximum atomic E-state index is 12.9. The highest BCUT2D eigenvalue weighted by Crippen LogP contribution is 2.39. The molecule has 1 aromatic rings. The molecule has 0 aromatic heterocycles. The molecule has 0 spiro atoms. The first-order chi connectivity index (χ1) is 8.67. The van der Waals surface area contributed by atoms with Crippen molar-refractivity contribution in [3.8, 4) is 11.5 Å². The van der Waals surface area contributed by atoms with Crippen LogP contribution < -0.4 is 14.8 Å². The minimum Gasteiger partial charge on any atom is -0.496 e. The molecule has 5 heteroatoms. The Balaban J connectivity index is 2.45. The van der Waals surface area contributed by atoms with Gasteiger partial charge in [-0.05, 0) is 25.1 Å². The van der Waals surface area contributed by atoms with Crippen molar-refractivity contribution >= 4 is 0 Å². The Bertz CT molecular complexity index is 418. The summed E-state index contributed by atoms with van der Waals surface area (Å²) in [7, 11) is 2.91. The molecule has 1 aliphatic rings. The van der Waals surface area contributed by atoms with Gasteiger partial charge in [0, 0.05) is 18.0 Å². The van der Waals surface area contributed by atoms with Crippen LogP contribution in [-0.2, 0) is 0 Å². The quantitative estimate of drug-likeness (QED) is 0.899. The second-order valence-electron chi connectivity index (χ2n) is 4.33. The molecule has 0 amide bonds. The molecule has 0 bridgehead atoms. The normalized spacial score (nSPS) is 19.3. The number of nitrogens with one attached hydrogen (secondary N) is 1. The predicted molar refractivity (Wildman–Crippen MR) is 64.7 cm³/mol. The first kappa shape index (κ1) is 13.1. The lowest BCUT2D eigenvalue weighted by Crippen LogP contribution is -2.09. The van der Waals surface area contributed by atoms with Gasteiger partial charge in [-0.25, -0.2) is 8.78 Å². The summed E-state index contributed by atoms with van der Waals surface area (Å²) in [6.07, 6.45) is -1.59. The van der Waals surface area contributed by atoms with Gasteiger partial charge in [-0.3, -0.25) is 0 Å². The molecule has 2 rings (SSSR count). The lowest BCUT2D eigenvalue weighted by Gasteiger charge is -2.18. The van der Waals surface area contributed by atoms with Crippen molar-refractivity contribution in [2.75, 3.05) is 27.3 Å². The van der Waals surface area contributed by atoms with E-state index < -0.39 is 6.43 Å². The zero-order valence-electron chi connectivity index (χ0n) is 10.5. The van der Waals surface area contributed by atoms with Gasteiger partial charge in [-0.2, -0.15) is 0 Å². The topological polar surface area (TPSA) is 30.5 Å². The number of hydrogen-bond acceptors (Lipinski definition) is 3. The minimum absolute atomic E-state index is 0.121. The Hall–Kier alpha value is -1.36. The first-order valence-corrected chi connectivity index (χ1v) is 5.92. The summed E-state index contributed by atoms with van der Waals surface area (Å²) < 4.78 is 36.1. The molecule has 1 aliphatic heterocycles. The van der Waals surface area contributed by atoms with Crippen molar-refractivity contribution in [2.45, 2.75) is 18.8 Å². The molecule has 3 nitrogen and oxygen atoms in total. The van der Waals surface area contributed by atoms with Crippen LogP contribution in [0.3, 0.4) is 0 Å². The van der Waals surface area contributed by atoms with E-state index in [1.807, 2.05) is 0 Å². The van der Waals surface area contributed by atoms with Crippen LogP contribution in [-0.4, -0.2) is 27.3 Å². The van der Waals surface area contributed by atoms with Crippen LogP contribution in [0, 0.1) is 0 Å². The van der Waals surface area contributed by atoms with E-state index >= 15 is 0 Å². The number of ether oxygens (including phenoxy) is 2. The third kappa shape index (κ3) is 2.41. The van der Waals surface area contributed by atoms with Gasteiger partial charge < -0.3 is 14.8 Å². The lowest BCUT2D eigenvalue weighted by molar-refractivity contribution is 0.146. The highest BCUT2D eigenvalue weighted by molar-refractivity contribution is 5.49. The second kappa shape index (κ2) is 5.52. The third-order valence-electron chi connectivity index (χ3n) is 3.32. The summed E-state index contributed by atoms with van der Waals surface area (Å²) in [6, 6.07) is 3.06. The van der Waals surface area contributed by atoms with Crippen molar-refractivity contribution in [2.24, 2.45) is 0 Å². The molecule has 0 aliphatic carbocycles. The molecular weight excluding hydrogens is 240 g/mol. The van der Waals surface area contributed by atoms with Crippen LogP contribution in [0.5, 0.6) is 11.5 Å². The average molecular weight is 257 g/mol. The number of alkyl halides is 2. The molecule has 100 valence electrons. The Morgan fingerprint density at radius 2 is 1.94 bits per heavy atom. The Labute approximate surface area is 105 Å². The van der Waals surface area contributed by atoms with Gasteiger partial charge in [0.25, 0.3) is 6.43 Å². The van der Waals surface area contributed by atoms with Gasteiger partial charge in [0.15, 0.2) is 0 Å². The van der Waals surface area contributed by atoms with Crippen molar-refractivity contribution in [1.82, 2.24) is 5.32 Å². The van der Waals surface area contributed by atoms with Crippen LogP contribution >= 0.6 is 0 Å². The van der Waals surface area contributed by atoms with Gasteiger partial charge in [-0.1, -0.05) is 0 Å².